The topological polar surface area (TPSA) is 29.9 Å². The highest BCUT2D eigenvalue weighted by Crippen LogP contribution is 2.38. The van der Waals surface area contributed by atoms with Crippen LogP contribution in [-0.2, 0) is 0 Å². The normalized spacial score (nSPS) is 11.2. The van der Waals surface area contributed by atoms with E-state index in [1.807, 2.05) is 18.2 Å². The summed E-state index contributed by atoms with van der Waals surface area (Å²) in [4.78, 5) is 5.00. The van der Waals surface area contributed by atoms with E-state index in [0.717, 1.165) is 56.3 Å². The molecule has 2 heterocycles. The highest BCUT2D eigenvalue weighted by molar-refractivity contribution is 6.10. The first kappa shape index (κ1) is 29.4. The van der Waals surface area contributed by atoms with Gasteiger partial charge in [-0.3, -0.25) is 0 Å². The Morgan fingerprint density at radius 3 is 1.78 bits per heavy atom. The number of nitrogens with zero attached hydrogens (tertiary/aromatic N) is 2. The Morgan fingerprint density at radius 1 is 0.380 bits per heavy atom. The zero-order chi connectivity index (χ0) is 33.3. The quantitative estimate of drug-likeness (QED) is 0.188. The van der Waals surface area contributed by atoms with E-state index < -0.39 is 0 Å². The van der Waals surface area contributed by atoms with Gasteiger partial charge in [-0.15, -0.1) is 0 Å². The molecule has 50 heavy (non-hydrogen) atoms. The predicted molar refractivity (Wildman–Crippen MR) is 210 cm³/mol. The molecule has 0 unspecified atom stereocenters. The van der Waals surface area contributed by atoms with Crippen LogP contribution in [0.1, 0.15) is 0 Å². The molecule has 0 aliphatic heterocycles. The number of pyridine rings is 1. The highest BCUT2D eigenvalue weighted by Gasteiger charge is 2.15. The summed E-state index contributed by atoms with van der Waals surface area (Å²) >= 11 is 0. The Labute approximate surface area is 291 Å². The van der Waals surface area contributed by atoms with Crippen molar-refractivity contribution < 1.29 is 0 Å². The van der Waals surface area contributed by atoms with Crippen LogP contribution in [0.3, 0.4) is 0 Å². The van der Waals surface area contributed by atoms with E-state index in [9.17, 15) is 0 Å². The number of para-hydroxylation sites is 2. The van der Waals surface area contributed by atoms with Crippen molar-refractivity contribution in [3.05, 3.63) is 194 Å². The summed E-state index contributed by atoms with van der Waals surface area (Å²) in [5, 5.41) is 6.26. The molecule has 0 saturated carbocycles. The third-order valence-electron chi connectivity index (χ3n) is 9.38. The molecular weight excluding hydrogens is 607 g/mol. The second-order valence-electron chi connectivity index (χ2n) is 12.5. The summed E-state index contributed by atoms with van der Waals surface area (Å²) in [6.45, 7) is 0. The number of nitrogens with one attached hydrogen (secondary N) is 1. The molecule has 236 valence electrons. The Bertz CT molecular complexity index is 2600. The summed E-state index contributed by atoms with van der Waals surface area (Å²) in [5.41, 5.74) is 14.3. The van der Waals surface area contributed by atoms with Crippen molar-refractivity contribution in [1.29, 1.82) is 0 Å². The maximum absolute atomic E-state index is 5.00. The first-order valence-corrected chi connectivity index (χ1v) is 17.0. The van der Waals surface area contributed by atoms with Crippen molar-refractivity contribution >= 4 is 33.2 Å². The molecule has 3 nitrogen and oxygen atoms in total. The first-order chi connectivity index (χ1) is 24.8. The Hall–Kier alpha value is -6.71. The number of anilines is 2. The largest absolute Gasteiger partial charge is 0.355 e. The predicted octanol–water partition coefficient (Wildman–Crippen LogP) is 12.6. The van der Waals surface area contributed by atoms with Gasteiger partial charge in [-0.1, -0.05) is 133 Å². The molecule has 0 atom stereocenters. The van der Waals surface area contributed by atoms with Crippen LogP contribution in [0.15, 0.2) is 194 Å². The SMILES string of the molecule is c1ccc(-c2cccc(-c3cccc(Nc4ccc(-c5ccc6c7ccccc7n(-c7ccccc7)c6c5)cc4-c4ccccc4)c3)n2)cc1. The van der Waals surface area contributed by atoms with Crippen LogP contribution in [0.2, 0.25) is 0 Å². The molecule has 3 heteroatoms. The lowest BCUT2D eigenvalue weighted by atomic mass is 9.96. The molecular formula is C47H33N3. The lowest BCUT2D eigenvalue weighted by Gasteiger charge is -2.16. The molecule has 9 rings (SSSR count). The fourth-order valence-electron chi connectivity index (χ4n) is 6.97. The summed E-state index contributed by atoms with van der Waals surface area (Å²) in [7, 11) is 0. The second-order valence-corrected chi connectivity index (χ2v) is 12.5. The number of rotatable bonds is 7. The van der Waals surface area contributed by atoms with Crippen LogP contribution in [0, 0.1) is 0 Å². The summed E-state index contributed by atoms with van der Waals surface area (Å²) in [5.74, 6) is 0. The van der Waals surface area contributed by atoms with Crippen molar-refractivity contribution in [3.63, 3.8) is 0 Å². The van der Waals surface area contributed by atoms with Crippen LogP contribution in [-0.4, -0.2) is 9.55 Å². The van der Waals surface area contributed by atoms with Gasteiger partial charge in [0.1, 0.15) is 0 Å². The fraction of sp³-hybridized carbons (Fsp3) is 0. The highest BCUT2D eigenvalue weighted by atomic mass is 15.0. The molecule has 0 saturated heterocycles. The maximum atomic E-state index is 5.00. The standard InChI is InChI=1S/C47H33N3/c1-4-14-33(15-5-1)42-31-35(36-26-28-41-40-22-10-11-25-46(40)50(47(41)32-36)39-20-8-3-9-21-39)27-29-45(42)48-38-19-12-18-37(30-38)44-24-13-23-43(49-44)34-16-6-2-7-17-34/h1-32,48H. The van der Waals surface area contributed by atoms with E-state index in [0.29, 0.717) is 0 Å². The molecule has 0 bridgehead atoms. The van der Waals surface area contributed by atoms with Crippen molar-refractivity contribution in [1.82, 2.24) is 9.55 Å². The monoisotopic (exact) mass is 639 g/mol. The summed E-state index contributed by atoms with van der Waals surface area (Å²) < 4.78 is 2.37. The van der Waals surface area contributed by atoms with Crippen LogP contribution >= 0.6 is 0 Å². The molecule has 2 aromatic heterocycles. The molecule has 9 aromatic rings. The molecule has 1 N–H and O–H groups in total. The van der Waals surface area contributed by atoms with Gasteiger partial charge in [-0.2, -0.15) is 0 Å². The summed E-state index contributed by atoms with van der Waals surface area (Å²) in [6.07, 6.45) is 0. The molecule has 0 amide bonds. The molecule has 0 radical (unpaired) electrons. The van der Waals surface area contributed by atoms with E-state index in [1.54, 1.807) is 0 Å². The number of hydrogen-bond acceptors (Lipinski definition) is 2. The van der Waals surface area contributed by atoms with E-state index in [4.69, 9.17) is 4.98 Å². The van der Waals surface area contributed by atoms with Crippen molar-refractivity contribution in [2.45, 2.75) is 0 Å². The van der Waals surface area contributed by atoms with Crippen molar-refractivity contribution in [2.75, 3.05) is 5.32 Å². The minimum absolute atomic E-state index is 0.942. The van der Waals surface area contributed by atoms with Gasteiger partial charge in [0.2, 0.25) is 0 Å². The lowest BCUT2D eigenvalue weighted by molar-refractivity contribution is 1.18. The van der Waals surface area contributed by atoms with E-state index in [1.165, 1.54) is 27.4 Å². The van der Waals surface area contributed by atoms with Crippen molar-refractivity contribution in [2.24, 2.45) is 0 Å². The fourth-order valence-corrected chi connectivity index (χ4v) is 6.97. The van der Waals surface area contributed by atoms with Gasteiger partial charge in [-0.05, 0) is 77.4 Å². The minimum atomic E-state index is 0.942. The van der Waals surface area contributed by atoms with Gasteiger partial charge in [0.05, 0.1) is 22.4 Å². The van der Waals surface area contributed by atoms with Gasteiger partial charge in [0.15, 0.2) is 0 Å². The zero-order valence-corrected chi connectivity index (χ0v) is 27.4. The minimum Gasteiger partial charge on any atom is -0.355 e. The average molecular weight is 640 g/mol. The van der Waals surface area contributed by atoms with E-state index in [-0.39, 0.29) is 0 Å². The zero-order valence-electron chi connectivity index (χ0n) is 27.4. The van der Waals surface area contributed by atoms with Gasteiger partial charge < -0.3 is 9.88 Å². The number of fused-ring (bicyclic) bond motifs is 3. The van der Waals surface area contributed by atoms with Gasteiger partial charge >= 0.3 is 0 Å². The van der Waals surface area contributed by atoms with Crippen LogP contribution in [0.4, 0.5) is 11.4 Å². The lowest BCUT2D eigenvalue weighted by Crippen LogP contribution is -1.96. The van der Waals surface area contributed by atoms with Gasteiger partial charge in [0, 0.05) is 44.5 Å². The Balaban J connectivity index is 1.11. The van der Waals surface area contributed by atoms with Crippen LogP contribution < -0.4 is 5.32 Å². The third kappa shape index (κ3) is 5.51. The van der Waals surface area contributed by atoms with E-state index >= 15 is 0 Å². The third-order valence-corrected chi connectivity index (χ3v) is 9.38. The molecule has 0 aliphatic rings. The number of aromatic nitrogens is 2. The Kier molecular flexibility index (Phi) is 7.49. The summed E-state index contributed by atoms with van der Waals surface area (Å²) in [6, 6.07) is 68.5. The average Bonchev–Trinajstić information content (AvgIpc) is 3.53. The van der Waals surface area contributed by atoms with Crippen molar-refractivity contribution in [3.8, 4) is 50.5 Å². The van der Waals surface area contributed by atoms with E-state index in [2.05, 4.69) is 186 Å². The Morgan fingerprint density at radius 2 is 0.980 bits per heavy atom. The van der Waals surface area contributed by atoms with Crippen LogP contribution in [0.5, 0.6) is 0 Å². The molecule has 0 spiro atoms. The smallest absolute Gasteiger partial charge is 0.0710 e. The number of benzene rings is 7. The number of hydrogen-bond donors (Lipinski definition) is 1. The molecule has 0 fully saturated rings. The second kappa shape index (κ2) is 12.7. The van der Waals surface area contributed by atoms with Crippen LogP contribution in [0.25, 0.3) is 72.3 Å². The maximum Gasteiger partial charge on any atom is 0.0710 e. The first-order valence-electron chi connectivity index (χ1n) is 17.0. The molecule has 0 aliphatic carbocycles. The molecule has 7 aromatic carbocycles. The van der Waals surface area contributed by atoms with Gasteiger partial charge in [-0.25, -0.2) is 4.98 Å². The van der Waals surface area contributed by atoms with Gasteiger partial charge in [0.25, 0.3) is 0 Å².